The number of hydrogen-bond donors (Lipinski definition) is 1. The lowest BCUT2D eigenvalue weighted by molar-refractivity contribution is 0.264. The zero-order valence-corrected chi connectivity index (χ0v) is 16.4. The van der Waals surface area contributed by atoms with E-state index in [0.717, 1.165) is 6.07 Å². The van der Waals surface area contributed by atoms with E-state index in [0.29, 0.717) is 24.4 Å². The minimum absolute atomic E-state index is 0. The van der Waals surface area contributed by atoms with Crippen LogP contribution in [0.1, 0.15) is 11.6 Å². The Labute approximate surface area is 163 Å². The molecule has 2 aromatic rings. The Bertz CT molecular complexity index is 860. The van der Waals surface area contributed by atoms with Crippen LogP contribution in [0.25, 0.3) is 0 Å². The topological polar surface area (TPSA) is 58.6 Å². The summed E-state index contributed by atoms with van der Waals surface area (Å²) >= 11 is 6.00. The van der Waals surface area contributed by atoms with E-state index in [1.165, 1.54) is 23.5 Å². The van der Waals surface area contributed by atoms with Gasteiger partial charge in [-0.2, -0.15) is 4.31 Å². The van der Waals surface area contributed by atoms with Gasteiger partial charge >= 0.3 is 0 Å². The van der Waals surface area contributed by atoms with Gasteiger partial charge in [-0.15, -0.1) is 12.4 Å². The molecule has 5 nitrogen and oxygen atoms in total. The molecule has 1 aliphatic rings. The highest BCUT2D eigenvalue weighted by Crippen LogP contribution is 2.36. The third-order valence-electron chi connectivity index (χ3n) is 4.18. The molecule has 9 heteroatoms. The van der Waals surface area contributed by atoms with Gasteiger partial charge in [0, 0.05) is 25.2 Å². The van der Waals surface area contributed by atoms with Gasteiger partial charge in [0.05, 0.1) is 18.2 Å². The van der Waals surface area contributed by atoms with Crippen molar-refractivity contribution in [2.45, 2.75) is 10.9 Å². The van der Waals surface area contributed by atoms with Crippen LogP contribution in [0.3, 0.4) is 0 Å². The third-order valence-corrected chi connectivity index (χ3v) is 6.59. The molecule has 1 atom stereocenters. The zero-order valence-electron chi connectivity index (χ0n) is 14.0. The van der Waals surface area contributed by atoms with Crippen molar-refractivity contribution in [3.8, 4) is 5.75 Å². The van der Waals surface area contributed by atoms with E-state index < -0.39 is 26.8 Å². The molecule has 1 saturated heterocycles. The molecule has 1 aliphatic heterocycles. The summed E-state index contributed by atoms with van der Waals surface area (Å²) in [6, 6.07) is 10.5. The second-order valence-electron chi connectivity index (χ2n) is 5.63. The smallest absolute Gasteiger partial charge is 0.248 e. The van der Waals surface area contributed by atoms with E-state index in [1.54, 1.807) is 6.07 Å². The Hall–Kier alpha value is -1.38. The molecule has 1 unspecified atom stereocenters. The minimum Gasteiger partial charge on any atom is -0.496 e. The van der Waals surface area contributed by atoms with E-state index in [1.807, 2.05) is 18.2 Å². The summed E-state index contributed by atoms with van der Waals surface area (Å²) in [7, 11) is -2.59. The van der Waals surface area contributed by atoms with Gasteiger partial charge in [-0.1, -0.05) is 35.9 Å². The summed E-state index contributed by atoms with van der Waals surface area (Å²) < 4.78 is 47.2. The van der Waals surface area contributed by atoms with Crippen LogP contribution in [0.2, 0.25) is 5.02 Å². The number of nitrogens with one attached hydrogen (secondary N) is 1. The molecule has 0 aliphatic carbocycles. The van der Waals surface area contributed by atoms with Gasteiger partial charge in [-0.3, -0.25) is 0 Å². The summed E-state index contributed by atoms with van der Waals surface area (Å²) in [5.74, 6) is -0.277. The quantitative estimate of drug-likeness (QED) is 0.824. The second kappa shape index (κ2) is 8.54. The van der Waals surface area contributed by atoms with E-state index in [-0.39, 0.29) is 24.0 Å². The number of benzene rings is 2. The van der Waals surface area contributed by atoms with Gasteiger partial charge in [0.2, 0.25) is 10.0 Å². The zero-order chi connectivity index (χ0) is 18.0. The number of halogens is 3. The van der Waals surface area contributed by atoms with Crippen LogP contribution in [0.15, 0.2) is 47.4 Å². The van der Waals surface area contributed by atoms with Gasteiger partial charge in [0.1, 0.15) is 16.5 Å². The molecule has 0 radical (unpaired) electrons. The maximum absolute atomic E-state index is 14.2. The highest BCUT2D eigenvalue weighted by molar-refractivity contribution is 7.89. The number of piperazine rings is 1. The Morgan fingerprint density at radius 3 is 2.65 bits per heavy atom. The predicted molar refractivity (Wildman–Crippen MR) is 101 cm³/mol. The highest BCUT2D eigenvalue weighted by atomic mass is 35.5. The Morgan fingerprint density at radius 1 is 1.23 bits per heavy atom. The first-order chi connectivity index (χ1) is 12.0. The fourth-order valence-corrected chi connectivity index (χ4v) is 5.20. The molecule has 2 aromatic carbocycles. The summed E-state index contributed by atoms with van der Waals surface area (Å²) in [4.78, 5) is -0.488. The van der Waals surface area contributed by atoms with Crippen LogP contribution < -0.4 is 10.1 Å². The van der Waals surface area contributed by atoms with Crippen LogP contribution in [-0.4, -0.2) is 39.5 Å². The SMILES string of the molecule is COc1ccccc1C1CNCCN1S(=O)(=O)c1c(F)cccc1Cl.Cl. The number of methoxy groups -OCH3 is 1. The van der Waals surface area contributed by atoms with E-state index in [9.17, 15) is 12.8 Å². The van der Waals surface area contributed by atoms with Crippen LogP contribution in [0.4, 0.5) is 4.39 Å². The average molecular weight is 421 g/mol. The summed E-state index contributed by atoms with van der Waals surface area (Å²) in [5.41, 5.74) is 0.716. The molecule has 0 spiro atoms. The van der Waals surface area contributed by atoms with Crippen molar-refractivity contribution in [3.63, 3.8) is 0 Å². The standard InChI is InChI=1S/C17H18ClFN2O3S.ClH/c1-24-16-8-3-2-5-12(16)15-11-20-9-10-21(15)25(22,23)17-13(18)6-4-7-14(17)19;/h2-8,15,20H,9-11H2,1H3;1H. The molecule has 1 N–H and O–H groups in total. The fraction of sp³-hybridized carbons (Fsp3) is 0.294. The highest BCUT2D eigenvalue weighted by Gasteiger charge is 2.38. The first-order valence-corrected chi connectivity index (χ1v) is 9.58. The molecule has 0 saturated carbocycles. The molecule has 142 valence electrons. The summed E-state index contributed by atoms with van der Waals surface area (Å²) in [6.45, 7) is 1.07. The lowest BCUT2D eigenvalue weighted by Crippen LogP contribution is -2.48. The van der Waals surface area contributed by atoms with Gasteiger partial charge in [-0.05, 0) is 18.2 Å². The number of nitrogens with zero attached hydrogens (tertiary/aromatic N) is 1. The van der Waals surface area contributed by atoms with E-state index in [2.05, 4.69) is 5.32 Å². The van der Waals surface area contributed by atoms with Crippen LogP contribution in [0.5, 0.6) is 5.75 Å². The molecule has 26 heavy (non-hydrogen) atoms. The van der Waals surface area contributed by atoms with Gasteiger partial charge in [-0.25, -0.2) is 12.8 Å². The van der Waals surface area contributed by atoms with Crippen molar-refractivity contribution < 1.29 is 17.5 Å². The number of rotatable bonds is 4. The number of para-hydroxylation sites is 1. The number of sulfonamides is 1. The van der Waals surface area contributed by atoms with E-state index in [4.69, 9.17) is 16.3 Å². The predicted octanol–water partition coefficient (Wildman–Crippen LogP) is 3.24. The normalized spacial score (nSPS) is 18.2. The summed E-state index contributed by atoms with van der Waals surface area (Å²) in [6.07, 6.45) is 0. The first-order valence-electron chi connectivity index (χ1n) is 7.76. The second-order valence-corrected chi connectivity index (χ2v) is 7.86. The maximum Gasteiger partial charge on any atom is 0.248 e. The Morgan fingerprint density at radius 2 is 1.96 bits per heavy atom. The monoisotopic (exact) mass is 420 g/mol. The fourth-order valence-electron chi connectivity index (χ4n) is 3.03. The molecule has 0 bridgehead atoms. The molecule has 3 rings (SSSR count). The molecular weight excluding hydrogens is 402 g/mol. The van der Waals surface area contributed by atoms with Crippen molar-refractivity contribution in [1.29, 1.82) is 0 Å². The molecular formula is C17H19Cl2FN2O3S. The summed E-state index contributed by atoms with van der Waals surface area (Å²) in [5, 5.41) is 3.05. The largest absolute Gasteiger partial charge is 0.496 e. The van der Waals surface area contributed by atoms with Crippen molar-refractivity contribution in [3.05, 3.63) is 58.9 Å². The van der Waals surface area contributed by atoms with Crippen molar-refractivity contribution in [1.82, 2.24) is 9.62 Å². The van der Waals surface area contributed by atoms with Crippen molar-refractivity contribution in [2.24, 2.45) is 0 Å². The Kier molecular flexibility index (Phi) is 6.87. The van der Waals surface area contributed by atoms with Gasteiger partial charge in [0.15, 0.2) is 0 Å². The van der Waals surface area contributed by atoms with E-state index >= 15 is 0 Å². The molecule has 1 heterocycles. The number of ether oxygens (including phenoxy) is 1. The molecule has 1 fully saturated rings. The Balaban J connectivity index is 0.00000243. The van der Waals surface area contributed by atoms with Crippen LogP contribution in [0, 0.1) is 5.82 Å². The maximum atomic E-state index is 14.2. The lowest BCUT2D eigenvalue weighted by Gasteiger charge is -2.36. The molecule has 0 aromatic heterocycles. The van der Waals surface area contributed by atoms with Crippen LogP contribution >= 0.6 is 24.0 Å². The minimum atomic E-state index is -4.11. The number of hydrogen-bond acceptors (Lipinski definition) is 4. The van der Waals surface area contributed by atoms with Crippen molar-refractivity contribution in [2.75, 3.05) is 26.7 Å². The van der Waals surface area contributed by atoms with Crippen LogP contribution in [-0.2, 0) is 10.0 Å². The van der Waals surface area contributed by atoms with Crippen molar-refractivity contribution >= 4 is 34.0 Å². The third kappa shape index (κ3) is 3.82. The van der Waals surface area contributed by atoms with Gasteiger partial charge in [0.25, 0.3) is 0 Å². The van der Waals surface area contributed by atoms with Gasteiger partial charge < -0.3 is 10.1 Å². The first kappa shape index (κ1) is 20.9. The average Bonchev–Trinajstić information content (AvgIpc) is 2.61. The lowest BCUT2D eigenvalue weighted by atomic mass is 10.0. The molecule has 0 amide bonds.